The molecule has 6 nitrogen and oxygen atoms in total. The fourth-order valence-corrected chi connectivity index (χ4v) is 3.83. The summed E-state index contributed by atoms with van der Waals surface area (Å²) in [5.41, 5.74) is 1.22. The quantitative estimate of drug-likeness (QED) is 0.699. The maximum Gasteiger partial charge on any atom is 0.224 e. The highest BCUT2D eigenvalue weighted by molar-refractivity contribution is 5.53. The number of nitrogens with zero attached hydrogens (tertiary/aromatic N) is 3. The second kappa shape index (κ2) is 9.55. The highest BCUT2D eigenvalue weighted by atomic mass is 15.2. The number of hydrogen-bond acceptors (Lipinski definition) is 5. The van der Waals surface area contributed by atoms with Crippen LogP contribution in [0.4, 0.5) is 17.6 Å². The number of rotatable bonds is 4. The van der Waals surface area contributed by atoms with Gasteiger partial charge in [0.15, 0.2) is 5.82 Å². The standard InChI is InChI=1S/C13H18N6.C7H14/c1-14-13-15-7-6-11(17-13)16-12-8-10(18-19-12)9-4-2-3-5-9;1-7-5-3-2-4-6-7/h6-9H,2-5H2,1H3,(H3,14,15,16,17,18,19);7H,2-6H2,1H3. The summed E-state index contributed by atoms with van der Waals surface area (Å²) in [6.07, 6.45) is 14.3. The summed E-state index contributed by atoms with van der Waals surface area (Å²) >= 11 is 0. The predicted octanol–water partition coefficient (Wildman–Crippen LogP) is 5.23. The van der Waals surface area contributed by atoms with Crippen LogP contribution in [0.3, 0.4) is 0 Å². The van der Waals surface area contributed by atoms with Crippen LogP contribution in [-0.4, -0.2) is 27.2 Å². The van der Waals surface area contributed by atoms with E-state index in [4.69, 9.17) is 0 Å². The zero-order valence-electron chi connectivity index (χ0n) is 16.1. The Hall–Kier alpha value is -2.11. The van der Waals surface area contributed by atoms with Gasteiger partial charge in [-0.05, 0) is 24.8 Å². The first-order chi connectivity index (χ1) is 12.7. The Morgan fingerprint density at radius 1 is 1.00 bits per heavy atom. The Morgan fingerprint density at radius 3 is 2.38 bits per heavy atom. The SMILES string of the molecule is CC1CCCCC1.CNc1nccc(Nc2cc(C3CCCC3)[nH]n2)n1. The first kappa shape index (κ1) is 18.7. The van der Waals surface area contributed by atoms with Crippen molar-refractivity contribution in [2.45, 2.75) is 70.6 Å². The zero-order valence-corrected chi connectivity index (χ0v) is 16.1. The van der Waals surface area contributed by atoms with Crippen LogP contribution < -0.4 is 10.6 Å². The molecule has 3 N–H and O–H groups in total. The number of H-pyrrole nitrogens is 1. The number of aromatic amines is 1. The zero-order chi connectivity index (χ0) is 18.2. The normalized spacial score (nSPS) is 18.2. The molecular formula is C20H32N6. The van der Waals surface area contributed by atoms with E-state index < -0.39 is 0 Å². The van der Waals surface area contributed by atoms with E-state index in [1.54, 1.807) is 13.2 Å². The minimum Gasteiger partial charge on any atom is -0.357 e. The largest absolute Gasteiger partial charge is 0.357 e. The van der Waals surface area contributed by atoms with Gasteiger partial charge in [-0.3, -0.25) is 5.10 Å². The average molecular weight is 357 g/mol. The molecule has 2 fully saturated rings. The lowest BCUT2D eigenvalue weighted by molar-refractivity contribution is 0.385. The van der Waals surface area contributed by atoms with Crippen molar-refractivity contribution in [3.05, 3.63) is 24.0 Å². The van der Waals surface area contributed by atoms with Gasteiger partial charge in [0.25, 0.3) is 0 Å². The maximum absolute atomic E-state index is 4.31. The third kappa shape index (κ3) is 5.44. The fourth-order valence-electron chi connectivity index (χ4n) is 3.83. The van der Waals surface area contributed by atoms with Crippen LogP contribution >= 0.6 is 0 Å². The molecule has 4 rings (SSSR count). The van der Waals surface area contributed by atoms with E-state index in [-0.39, 0.29) is 0 Å². The van der Waals surface area contributed by atoms with Crippen LogP contribution in [0, 0.1) is 5.92 Å². The summed E-state index contributed by atoms with van der Waals surface area (Å²) in [4.78, 5) is 8.38. The van der Waals surface area contributed by atoms with E-state index in [9.17, 15) is 0 Å². The van der Waals surface area contributed by atoms with Crippen LogP contribution in [0.25, 0.3) is 0 Å². The maximum atomic E-state index is 4.31. The molecule has 0 aliphatic heterocycles. The van der Waals surface area contributed by atoms with Gasteiger partial charge in [-0.2, -0.15) is 10.1 Å². The molecule has 0 unspecified atom stereocenters. The lowest BCUT2D eigenvalue weighted by Crippen LogP contribution is -1.99. The van der Waals surface area contributed by atoms with Crippen molar-refractivity contribution in [1.29, 1.82) is 0 Å². The summed E-state index contributed by atoms with van der Waals surface area (Å²) in [5.74, 6) is 3.82. The summed E-state index contributed by atoms with van der Waals surface area (Å²) < 4.78 is 0. The van der Waals surface area contributed by atoms with Crippen molar-refractivity contribution in [2.75, 3.05) is 17.7 Å². The molecule has 0 radical (unpaired) electrons. The average Bonchev–Trinajstić information content (AvgIpc) is 3.35. The van der Waals surface area contributed by atoms with Crippen LogP contribution in [-0.2, 0) is 0 Å². The Labute approximate surface area is 156 Å². The molecular weight excluding hydrogens is 324 g/mol. The van der Waals surface area contributed by atoms with Gasteiger partial charge in [-0.1, -0.05) is 51.9 Å². The van der Waals surface area contributed by atoms with Crippen LogP contribution in [0.5, 0.6) is 0 Å². The lowest BCUT2D eigenvalue weighted by atomic mass is 9.91. The Balaban J connectivity index is 0.000000236. The predicted molar refractivity (Wildman–Crippen MR) is 107 cm³/mol. The van der Waals surface area contributed by atoms with Gasteiger partial charge in [0.2, 0.25) is 5.95 Å². The molecule has 0 aromatic carbocycles. The first-order valence-corrected chi connectivity index (χ1v) is 10.1. The van der Waals surface area contributed by atoms with E-state index >= 15 is 0 Å². The highest BCUT2D eigenvalue weighted by Gasteiger charge is 2.19. The Kier molecular flexibility index (Phi) is 6.86. The lowest BCUT2D eigenvalue weighted by Gasteiger charge is -2.15. The van der Waals surface area contributed by atoms with E-state index in [2.05, 4.69) is 43.8 Å². The van der Waals surface area contributed by atoms with Crippen molar-refractivity contribution in [1.82, 2.24) is 20.2 Å². The van der Waals surface area contributed by atoms with Crippen LogP contribution in [0.2, 0.25) is 0 Å². The molecule has 2 aliphatic rings. The molecule has 0 saturated heterocycles. The molecule has 2 aliphatic carbocycles. The van der Waals surface area contributed by atoms with Gasteiger partial charge >= 0.3 is 0 Å². The van der Waals surface area contributed by atoms with Crippen LogP contribution in [0.15, 0.2) is 18.3 Å². The molecule has 2 aromatic rings. The number of nitrogens with one attached hydrogen (secondary N) is 3. The van der Waals surface area contributed by atoms with Crippen molar-refractivity contribution in [2.24, 2.45) is 5.92 Å². The van der Waals surface area contributed by atoms with E-state index in [1.807, 2.05) is 6.07 Å². The highest BCUT2D eigenvalue weighted by Crippen LogP contribution is 2.33. The van der Waals surface area contributed by atoms with Gasteiger partial charge in [0.1, 0.15) is 5.82 Å². The third-order valence-electron chi connectivity index (χ3n) is 5.42. The summed E-state index contributed by atoms with van der Waals surface area (Å²) in [5, 5.41) is 13.5. The Bertz CT molecular complexity index is 656. The number of aromatic nitrogens is 4. The third-order valence-corrected chi connectivity index (χ3v) is 5.42. The van der Waals surface area contributed by atoms with E-state index in [0.29, 0.717) is 11.9 Å². The molecule has 2 heterocycles. The van der Waals surface area contributed by atoms with Crippen LogP contribution in [0.1, 0.15) is 76.3 Å². The van der Waals surface area contributed by atoms with Crippen molar-refractivity contribution in [3.63, 3.8) is 0 Å². The van der Waals surface area contributed by atoms with Gasteiger partial charge in [-0.25, -0.2) is 4.98 Å². The molecule has 142 valence electrons. The second-order valence-electron chi connectivity index (χ2n) is 7.57. The molecule has 0 amide bonds. The van der Waals surface area contributed by atoms with Crippen molar-refractivity contribution < 1.29 is 0 Å². The van der Waals surface area contributed by atoms with Gasteiger partial charge in [0.05, 0.1) is 0 Å². The molecule has 0 atom stereocenters. The molecule has 0 bridgehead atoms. The topological polar surface area (TPSA) is 78.5 Å². The molecule has 6 heteroatoms. The minimum atomic E-state index is 0.594. The fraction of sp³-hybridized carbons (Fsp3) is 0.650. The summed E-state index contributed by atoms with van der Waals surface area (Å²) in [6.45, 7) is 2.36. The van der Waals surface area contributed by atoms with Crippen molar-refractivity contribution >= 4 is 17.6 Å². The summed E-state index contributed by atoms with van der Waals surface area (Å²) in [6, 6.07) is 3.90. The second-order valence-corrected chi connectivity index (χ2v) is 7.57. The van der Waals surface area contributed by atoms with E-state index in [1.165, 1.54) is 63.5 Å². The molecule has 2 saturated carbocycles. The van der Waals surface area contributed by atoms with Gasteiger partial charge < -0.3 is 10.6 Å². The summed E-state index contributed by atoms with van der Waals surface area (Å²) in [7, 11) is 1.80. The monoisotopic (exact) mass is 356 g/mol. The molecule has 0 spiro atoms. The van der Waals surface area contributed by atoms with E-state index in [0.717, 1.165) is 17.6 Å². The van der Waals surface area contributed by atoms with Gasteiger partial charge in [0, 0.05) is 30.9 Å². The van der Waals surface area contributed by atoms with Crippen molar-refractivity contribution in [3.8, 4) is 0 Å². The number of hydrogen-bond donors (Lipinski definition) is 3. The molecule has 26 heavy (non-hydrogen) atoms. The van der Waals surface area contributed by atoms with Gasteiger partial charge in [-0.15, -0.1) is 0 Å². The number of anilines is 3. The first-order valence-electron chi connectivity index (χ1n) is 10.1. The smallest absolute Gasteiger partial charge is 0.224 e. The minimum absolute atomic E-state index is 0.594. The molecule has 2 aromatic heterocycles. The Morgan fingerprint density at radius 2 is 1.73 bits per heavy atom.